The van der Waals surface area contributed by atoms with Gasteiger partial charge in [0.1, 0.15) is 5.82 Å². The molecule has 1 unspecified atom stereocenters. The van der Waals surface area contributed by atoms with E-state index in [-0.39, 0.29) is 18.2 Å². The van der Waals surface area contributed by atoms with Crippen molar-refractivity contribution < 1.29 is 19.1 Å². The number of H-pyrrole nitrogens is 1. The van der Waals surface area contributed by atoms with Crippen LogP contribution in [0.1, 0.15) is 32.0 Å². The van der Waals surface area contributed by atoms with Crippen molar-refractivity contribution in [3.05, 3.63) is 42.2 Å². The van der Waals surface area contributed by atoms with Gasteiger partial charge in [-0.1, -0.05) is 13.3 Å². The van der Waals surface area contributed by atoms with Crippen molar-refractivity contribution in [2.45, 2.75) is 32.6 Å². The lowest BCUT2D eigenvalue weighted by Gasteiger charge is -2.18. The second-order valence-electron chi connectivity index (χ2n) is 7.95. The van der Waals surface area contributed by atoms with Crippen molar-refractivity contribution in [2.24, 2.45) is 5.92 Å². The second-order valence-corrected chi connectivity index (χ2v) is 7.95. The predicted octanol–water partition coefficient (Wildman–Crippen LogP) is 3.91. The number of carbonyl (C=O) groups excluding carboxylic acids is 2. The summed E-state index contributed by atoms with van der Waals surface area (Å²) in [4.78, 5) is 35.0. The van der Waals surface area contributed by atoms with Gasteiger partial charge in [-0.3, -0.25) is 9.59 Å². The molecule has 1 aliphatic rings. The fourth-order valence-electron chi connectivity index (χ4n) is 3.97. The molecule has 2 amide bonds. The summed E-state index contributed by atoms with van der Waals surface area (Å²) in [6, 6.07) is 10.9. The van der Waals surface area contributed by atoms with Gasteiger partial charge in [0.25, 0.3) is 0 Å². The van der Waals surface area contributed by atoms with E-state index in [1.54, 1.807) is 37.3 Å². The standard InChI is InChI=1S/C24H28N4O4/c1-4-5-6-22-26-18-9-7-16(12-19(18)27-22)25-24(30)15-11-23(29)28(14-15)17-8-10-20(31-2)21(13-17)32-3/h7-10,12-13,15H,4-6,11,14H2,1-3H3,(H,25,30)(H,26,27). The molecule has 4 rings (SSSR count). The molecule has 2 N–H and O–H groups in total. The number of anilines is 2. The number of ether oxygens (including phenoxy) is 2. The van der Waals surface area contributed by atoms with E-state index in [9.17, 15) is 9.59 Å². The maximum absolute atomic E-state index is 12.9. The Morgan fingerprint density at radius 2 is 2.00 bits per heavy atom. The van der Waals surface area contributed by atoms with E-state index in [0.29, 0.717) is 29.4 Å². The number of hydrogen-bond acceptors (Lipinski definition) is 5. The first kappa shape index (κ1) is 21.7. The minimum atomic E-state index is -0.437. The molecule has 0 radical (unpaired) electrons. The van der Waals surface area contributed by atoms with Gasteiger partial charge in [0.05, 0.1) is 31.2 Å². The van der Waals surface area contributed by atoms with E-state index in [0.717, 1.165) is 36.1 Å². The Labute approximate surface area is 186 Å². The Kier molecular flexibility index (Phi) is 6.30. The van der Waals surface area contributed by atoms with Gasteiger partial charge >= 0.3 is 0 Å². The third-order valence-corrected chi connectivity index (χ3v) is 5.74. The van der Waals surface area contributed by atoms with Crippen molar-refractivity contribution in [1.29, 1.82) is 0 Å². The summed E-state index contributed by atoms with van der Waals surface area (Å²) in [5.74, 6) is 1.37. The smallest absolute Gasteiger partial charge is 0.229 e. The summed E-state index contributed by atoms with van der Waals surface area (Å²) >= 11 is 0. The Morgan fingerprint density at radius 1 is 1.19 bits per heavy atom. The third-order valence-electron chi connectivity index (χ3n) is 5.74. The largest absolute Gasteiger partial charge is 0.493 e. The second kappa shape index (κ2) is 9.30. The van der Waals surface area contributed by atoms with Crippen LogP contribution in [-0.2, 0) is 16.0 Å². The number of carbonyl (C=O) groups is 2. The molecule has 3 aromatic rings. The highest BCUT2D eigenvalue weighted by Crippen LogP contribution is 2.34. The molecule has 1 aromatic heterocycles. The SMILES string of the molecule is CCCCc1nc2ccc(NC(=O)C3CC(=O)N(c4ccc(OC)c(OC)c4)C3)cc2[nH]1. The zero-order chi connectivity index (χ0) is 22.7. The average Bonchev–Trinajstić information content (AvgIpc) is 3.39. The third kappa shape index (κ3) is 4.39. The Morgan fingerprint density at radius 3 is 2.75 bits per heavy atom. The first-order valence-electron chi connectivity index (χ1n) is 10.8. The number of nitrogens with zero attached hydrogens (tertiary/aromatic N) is 2. The Hall–Kier alpha value is -3.55. The van der Waals surface area contributed by atoms with E-state index in [2.05, 4.69) is 22.2 Å². The summed E-state index contributed by atoms with van der Waals surface area (Å²) in [6.45, 7) is 2.46. The van der Waals surface area contributed by atoms with Crippen LogP contribution in [0.25, 0.3) is 11.0 Å². The molecule has 0 bridgehead atoms. The van der Waals surface area contributed by atoms with Crippen LogP contribution in [0.15, 0.2) is 36.4 Å². The fourth-order valence-corrected chi connectivity index (χ4v) is 3.97. The van der Waals surface area contributed by atoms with Crippen LogP contribution in [0.4, 0.5) is 11.4 Å². The molecule has 1 saturated heterocycles. The van der Waals surface area contributed by atoms with Crippen molar-refractivity contribution >= 4 is 34.2 Å². The summed E-state index contributed by atoms with van der Waals surface area (Å²) in [7, 11) is 3.11. The van der Waals surface area contributed by atoms with Crippen LogP contribution in [0.3, 0.4) is 0 Å². The lowest BCUT2D eigenvalue weighted by atomic mass is 10.1. The average molecular weight is 437 g/mol. The highest BCUT2D eigenvalue weighted by molar-refractivity contribution is 6.04. The summed E-state index contributed by atoms with van der Waals surface area (Å²) in [5.41, 5.74) is 3.14. The molecule has 168 valence electrons. The summed E-state index contributed by atoms with van der Waals surface area (Å²) in [6.07, 6.45) is 3.26. The quantitative estimate of drug-likeness (QED) is 0.558. The van der Waals surface area contributed by atoms with Crippen LogP contribution in [0.2, 0.25) is 0 Å². The number of fused-ring (bicyclic) bond motifs is 1. The van der Waals surface area contributed by atoms with Gasteiger partial charge in [-0.25, -0.2) is 4.98 Å². The molecule has 8 heteroatoms. The fraction of sp³-hybridized carbons (Fsp3) is 0.375. The number of aromatic nitrogens is 2. The van der Waals surface area contributed by atoms with Crippen LogP contribution >= 0.6 is 0 Å². The van der Waals surface area contributed by atoms with E-state index < -0.39 is 5.92 Å². The molecule has 8 nitrogen and oxygen atoms in total. The number of imidazole rings is 1. The van der Waals surface area contributed by atoms with Gasteiger partial charge in [-0.15, -0.1) is 0 Å². The molecular formula is C24H28N4O4. The van der Waals surface area contributed by atoms with Crippen LogP contribution < -0.4 is 19.7 Å². The number of methoxy groups -OCH3 is 2. The summed E-state index contributed by atoms with van der Waals surface area (Å²) < 4.78 is 10.6. The lowest BCUT2D eigenvalue weighted by Crippen LogP contribution is -2.28. The highest BCUT2D eigenvalue weighted by atomic mass is 16.5. The van der Waals surface area contributed by atoms with E-state index in [1.807, 2.05) is 18.2 Å². The number of rotatable bonds is 8. The van der Waals surface area contributed by atoms with Crippen molar-refractivity contribution in [3.8, 4) is 11.5 Å². The Bertz CT molecular complexity index is 1140. The number of unbranched alkanes of at least 4 members (excludes halogenated alkanes) is 1. The van der Waals surface area contributed by atoms with E-state index >= 15 is 0 Å². The van der Waals surface area contributed by atoms with Crippen molar-refractivity contribution in [2.75, 3.05) is 31.0 Å². The minimum Gasteiger partial charge on any atom is -0.493 e. The van der Waals surface area contributed by atoms with Gasteiger partial charge in [-0.05, 0) is 36.8 Å². The molecule has 1 aliphatic heterocycles. The molecule has 0 spiro atoms. The maximum atomic E-state index is 12.9. The van der Waals surface area contributed by atoms with E-state index in [1.165, 1.54) is 0 Å². The molecule has 0 aliphatic carbocycles. The Balaban J connectivity index is 1.44. The van der Waals surface area contributed by atoms with Gasteiger partial charge < -0.3 is 24.7 Å². The molecule has 0 saturated carbocycles. The zero-order valence-corrected chi connectivity index (χ0v) is 18.6. The van der Waals surface area contributed by atoms with Crippen molar-refractivity contribution in [1.82, 2.24) is 9.97 Å². The monoisotopic (exact) mass is 436 g/mol. The van der Waals surface area contributed by atoms with Crippen molar-refractivity contribution in [3.63, 3.8) is 0 Å². The first-order chi connectivity index (χ1) is 15.5. The molecule has 2 heterocycles. The molecule has 1 atom stereocenters. The zero-order valence-electron chi connectivity index (χ0n) is 18.6. The van der Waals surface area contributed by atoms with Crippen LogP contribution in [0, 0.1) is 5.92 Å². The first-order valence-corrected chi connectivity index (χ1v) is 10.8. The normalized spacial score (nSPS) is 15.9. The number of benzene rings is 2. The minimum absolute atomic E-state index is 0.0954. The number of hydrogen-bond donors (Lipinski definition) is 2. The summed E-state index contributed by atoms with van der Waals surface area (Å²) in [5, 5.41) is 2.95. The lowest BCUT2D eigenvalue weighted by molar-refractivity contribution is -0.122. The van der Waals surface area contributed by atoms with Gasteiger partial charge in [-0.2, -0.15) is 0 Å². The molecule has 1 fully saturated rings. The predicted molar refractivity (Wildman–Crippen MR) is 123 cm³/mol. The molecule has 32 heavy (non-hydrogen) atoms. The number of aromatic amines is 1. The van der Waals surface area contributed by atoms with Crippen LogP contribution in [-0.4, -0.2) is 42.5 Å². The molecular weight excluding hydrogens is 408 g/mol. The number of amides is 2. The topological polar surface area (TPSA) is 96.6 Å². The van der Waals surface area contributed by atoms with E-state index in [4.69, 9.17) is 9.47 Å². The number of nitrogens with one attached hydrogen (secondary N) is 2. The van der Waals surface area contributed by atoms with Gasteiger partial charge in [0.2, 0.25) is 11.8 Å². The molecule has 2 aromatic carbocycles. The van der Waals surface area contributed by atoms with Gasteiger partial charge in [0, 0.05) is 36.8 Å². The van der Waals surface area contributed by atoms with Crippen LogP contribution in [0.5, 0.6) is 11.5 Å². The number of aryl methyl sites for hydroxylation is 1. The maximum Gasteiger partial charge on any atom is 0.229 e. The van der Waals surface area contributed by atoms with Gasteiger partial charge in [0.15, 0.2) is 11.5 Å². The highest BCUT2D eigenvalue weighted by Gasteiger charge is 2.35.